The summed E-state index contributed by atoms with van der Waals surface area (Å²) < 4.78 is 21.3. The maximum absolute atomic E-state index is 12.6. The number of esters is 2. The van der Waals surface area contributed by atoms with Crippen molar-refractivity contribution in [1.82, 2.24) is 0 Å². The fraction of sp³-hybridized carbons (Fsp3) is 0.250. The van der Waals surface area contributed by atoms with E-state index in [1.54, 1.807) is 11.9 Å². The molecule has 0 radical (unpaired) electrons. The van der Waals surface area contributed by atoms with E-state index in [2.05, 4.69) is 0 Å². The molecule has 14 heteroatoms. The first-order valence-corrected chi connectivity index (χ1v) is 12.8. The Kier molecular flexibility index (Phi) is 13.3. The Bertz CT molecular complexity index is 1200. The summed E-state index contributed by atoms with van der Waals surface area (Å²) in [7, 11) is 0. The molecule has 0 aliphatic rings. The fourth-order valence-electron chi connectivity index (χ4n) is 2.67. The molecule has 202 valence electrons. The van der Waals surface area contributed by atoms with E-state index < -0.39 is 23.4 Å². The van der Waals surface area contributed by atoms with Crippen LogP contribution in [-0.2, 0) is 19.2 Å². The predicted octanol–water partition coefficient (Wildman–Crippen LogP) is 7.21. The quantitative estimate of drug-likeness (QED) is 0.0596. The van der Waals surface area contributed by atoms with Gasteiger partial charge >= 0.3 is 11.9 Å². The van der Waals surface area contributed by atoms with Crippen LogP contribution >= 0.6 is 69.6 Å². The van der Waals surface area contributed by atoms with E-state index in [1.807, 2.05) is 0 Å². The van der Waals surface area contributed by atoms with Crippen molar-refractivity contribution in [3.63, 3.8) is 0 Å². The van der Waals surface area contributed by atoms with Crippen LogP contribution in [0.3, 0.4) is 0 Å². The second-order valence-electron chi connectivity index (χ2n) is 7.03. The molecule has 38 heavy (non-hydrogen) atoms. The van der Waals surface area contributed by atoms with Gasteiger partial charge in [-0.2, -0.15) is 0 Å². The molecule has 0 saturated heterocycles. The first kappa shape index (κ1) is 31.8. The molecular formula is C24H16Cl6O8. The van der Waals surface area contributed by atoms with Gasteiger partial charge < -0.3 is 18.9 Å². The number of halogens is 6. The summed E-state index contributed by atoms with van der Waals surface area (Å²) in [5, 5.41) is -0.658. The van der Waals surface area contributed by atoms with E-state index in [-0.39, 0.29) is 54.8 Å². The number of rotatable bonds is 12. The zero-order chi connectivity index (χ0) is 28.2. The lowest BCUT2D eigenvalue weighted by Crippen LogP contribution is -2.26. The van der Waals surface area contributed by atoms with Crippen LogP contribution in [0.1, 0.15) is 25.7 Å². The van der Waals surface area contributed by atoms with Gasteiger partial charge in [0.15, 0.2) is 23.0 Å². The molecule has 0 fully saturated rings. The number of benzene rings is 2. The van der Waals surface area contributed by atoms with Crippen molar-refractivity contribution in [2.45, 2.75) is 25.7 Å². The molecule has 0 heterocycles. The summed E-state index contributed by atoms with van der Waals surface area (Å²) in [6.07, 6.45) is 4.02. The van der Waals surface area contributed by atoms with Crippen LogP contribution in [0.15, 0.2) is 24.3 Å². The third kappa shape index (κ3) is 8.84. The van der Waals surface area contributed by atoms with Gasteiger partial charge in [0.2, 0.25) is 0 Å². The highest BCUT2D eigenvalue weighted by atomic mass is 35.5. The molecule has 0 N–H and O–H groups in total. The SMILES string of the molecule is O=C=CCCCOc1c(Cl)c(Cl)cc(Cl)c1OC(=O)C(=O)Oc1c(Cl)cc(Cl)c(Cl)c1OCCCC=C=O. The van der Waals surface area contributed by atoms with Crippen LogP contribution in [0.25, 0.3) is 0 Å². The highest BCUT2D eigenvalue weighted by Gasteiger charge is 2.29. The Morgan fingerprint density at radius 3 is 1.34 bits per heavy atom. The second-order valence-corrected chi connectivity index (χ2v) is 9.41. The molecule has 0 saturated carbocycles. The summed E-state index contributed by atoms with van der Waals surface area (Å²) in [5.41, 5.74) is 0. The summed E-state index contributed by atoms with van der Waals surface area (Å²) in [4.78, 5) is 45.8. The summed E-state index contributed by atoms with van der Waals surface area (Å²) >= 11 is 36.7. The molecule has 0 aliphatic carbocycles. The van der Waals surface area contributed by atoms with Gasteiger partial charge in [-0.05, 0) is 50.0 Å². The van der Waals surface area contributed by atoms with Gasteiger partial charge in [-0.3, -0.25) is 0 Å². The lowest BCUT2D eigenvalue weighted by Gasteiger charge is -2.16. The van der Waals surface area contributed by atoms with Gasteiger partial charge in [0.05, 0.1) is 33.3 Å². The van der Waals surface area contributed by atoms with Gasteiger partial charge in [0.25, 0.3) is 0 Å². The molecule has 0 spiro atoms. The third-order valence-electron chi connectivity index (χ3n) is 4.37. The van der Waals surface area contributed by atoms with Crippen molar-refractivity contribution in [2.24, 2.45) is 0 Å². The first-order valence-electron chi connectivity index (χ1n) is 10.6. The van der Waals surface area contributed by atoms with E-state index in [9.17, 15) is 19.2 Å². The maximum atomic E-state index is 12.6. The van der Waals surface area contributed by atoms with Crippen molar-refractivity contribution in [3.05, 3.63) is 54.4 Å². The molecule has 0 unspecified atom stereocenters. The second kappa shape index (κ2) is 15.9. The number of carbonyl (C=O) groups is 2. The summed E-state index contributed by atoms with van der Waals surface area (Å²) in [6, 6.07) is 2.37. The van der Waals surface area contributed by atoms with E-state index in [0.717, 1.165) is 0 Å². The maximum Gasteiger partial charge on any atom is 0.423 e. The molecular weight excluding hydrogens is 629 g/mol. The van der Waals surface area contributed by atoms with Gasteiger partial charge in [-0.15, -0.1) is 0 Å². The topological polar surface area (TPSA) is 105 Å². The molecule has 0 atom stereocenters. The van der Waals surface area contributed by atoms with Gasteiger partial charge in [-0.25, -0.2) is 19.2 Å². The molecule has 0 aromatic heterocycles. The minimum absolute atomic E-state index is 0.00478. The Hall–Kier alpha value is -2.38. The zero-order valence-electron chi connectivity index (χ0n) is 19.1. The molecule has 2 aromatic carbocycles. The number of allylic oxidation sites excluding steroid dienone is 2. The van der Waals surface area contributed by atoms with Crippen LogP contribution in [0, 0.1) is 0 Å². The Morgan fingerprint density at radius 1 is 0.632 bits per heavy atom. The molecule has 2 aromatic rings. The van der Waals surface area contributed by atoms with Crippen molar-refractivity contribution < 1.29 is 38.1 Å². The summed E-state index contributed by atoms with van der Waals surface area (Å²) in [5.74, 6) is -0.992. The van der Waals surface area contributed by atoms with Gasteiger partial charge in [0, 0.05) is 0 Å². The van der Waals surface area contributed by atoms with Crippen molar-refractivity contribution in [3.8, 4) is 23.0 Å². The van der Waals surface area contributed by atoms with Crippen LogP contribution in [-0.4, -0.2) is 37.0 Å². The average molecular weight is 645 g/mol. The lowest BCUT2D eigenvalue weighted by atomic mass is 10.3. The highest BCUT2D eigenvalue weighted by Crippen LogP contribution is 2.47. The molecule has 8 nitrogen and oxygen atoms in total. The normalized spacial score (nSPS) is 10.2. The van der Waals surface area contributed by atoms with E-state index in [1.165, 1.54) is 24.3 Å². The number of hydrogen-bond acceptors (Lipinski definition) is 8. The van der Waals surface area contributed by atoms with E-state index in [0.29, 0.717) is 25.7 Å². The Balaban J connectivity index is 2.26. The van der Waals surface area contributed by atoms with Crippen LogP contribution < -0.4 is 18.9 Å². The van der Waals surface area contributed by atoms with Crippen LogP contribution in [0.4, 0.5) is 0 Å². The number of carbonyl (C=O) groups excluding carboxylic acids is 4. The Morgan fingerprint density at radius 2 is 1.00 bits per heavy atom. The minimum atomic E-state index is -1.52. The monoisotopic (exact) mass is 642 g/mol. The van der Waals surface area contributed by atoms with Crippen molar-refractivity contribution in [1.29, 1.82) is 0 Å². The highest BCUT2D eigenvalue weighted by molar-refractivity contribution is 6.46. The summed E-state index contributed by atoms with van der Waals surface area (Å²) in [6.45, 7) is 0.0670. The third-order valence-corrected chi connectivity index (χ3v) is 6.47. The zero-order valence-corrected chi connectivity index (χ0v) is 23.6. The van der Waals surface area contributed by atoms with Crippen molar-refractivity contribution in [2.75, 3.05) is 13.2 Å². The minimum Gasteiger partial charge on any atom is -0.488 e. The number of unbranched alkanes of at least 4 members (excludes halogenated alkanes) is 2. The molecule has 0 aliphatic heterocycles. The van der Waals surface area contributed by atoms with Gasteiger partial charge in [0.1, 0.15) is 21.9 Å². The molecule has 0 amide bonds. The van der Waals surface area contributed by atoms with Crippen LogP contribution in [0.2, 0.25) is 30.1 Å². The molecule has 0 bridgehead atoms. The van der Waals surface area contributed by atoms with E-state index >= 15 is 0 Å². The van der Waals surface area contributed by atoms with Gasteiger partial charge in [-0.1, -0.05) is 69.6 Å². The number of ether oxygens (including phenoxy) is 4. The van der Waals surface area contributed by atoms with E-state index in [4.69, 9.17) is 88.6 Å². The van der Waals surface area contributed by atoms with Crippen molar-refractivity contribution >= 4 is 93.4 Å². The number of hydrogen-bond donors (Lipinski definition) is 0. The van der Waals surface area contributed by atoms with Crippen LogP contribution in [0.5, 0.6) is 23.0 Å². The standard InChI is InChI=1S/C24H16Cl6O8/c25-13-11-15(27)19(21(17(13)29)35-9-5-1-3-7-31)37-23(33)24(34)38-20-16(28)12-14(26)18(30)22(20)36-10-6-2-4-8-32/h3-4,11-12H,1-2,5-6,9-10H2. The lowest BCUT2D eigenvalue weighted by molar-refractivity contribution is -0.156. The average Bonchev–Trinajstić information content (AvgIpc) is 2.88. The smallest absolute Gasteiger partial charge is 0.423 e. The Labute approximate surface area is 246 Å². The largest absolute Gasteiger partial charge is 0.488 e. The predicted molar refractivity (Wildman–Crippen MR) is 144 cm³/mol. The first-order chi connectivity index (χ1) is 18.1. The molecule has 2 rings (SSSR count). The fourth-order valence-corrected chi connectivity index (χ4v) is 4.03.